The number of hydrogen-bond acceptors (Lipinski definition) is 2. The van der Waals surface area contributed by atoms with Gasteiger partial charge in [0.15, 0.2) is 0 Å². The van der Waals surface area contributed by atoms with Crippen molar-refractivity contribution < 1.29 is 9.59 Å². The average Bonchev–Trinajstić information content (AvgIpc) is 2.83. The van der Waals surface area contributed by atoms with E-state index >= 15 is 0 Å². The highest BCUT2D eigenvalue weighted by atomic mass is 16.2. The smallest absolute Gasteiger partial charge is 0.224 e. The zero-order chi connectivity index (χ0) is 16.7. The molecule has 0 spiro atoms. The molecule has 1 aromatic rings. The van der Waals surface area contributed by atoms with Crippen LogP contribution in [-0.2, 0) is 9.59 Å². The molecule has 2 amide bonds. The highest BCUT2D eigenvalue weighted by Gasteiger charge is 2.24. The van der Waals surface area contributed by atoms with E-state index in [4.69, 9.17) is 0 Å². The monoisotopic (exact) mass is 316 g/mol. The fraction of sp³-hybridized carbons (Fsp3) is 0.579. The van der Waals surface area contributed by atoms with E-state index in [1.54, 1.807) is 0 Å². The molecule has 0 heterocycles. The van der Waals surface area contributed by atoms with Crippen LogP contribution in [0.5, 0.6) is 0 Å². The lowest BCUT2D eigenvalue weighted by Gasteiger charge is -2.29. The van der Waals surface area contributed by atoms with Crippen molar-refractivity contribution in [3.8, 4) is 0 Å². The Bertz CT molecular complexity index is 507. The third-order valence-electron chi connectivity index (χ3n) is 4.72. The Morgan fingerprint density at radius 3 is 2.30 bits per heavy atom. The summed E-state index contributed by atoms with van der Waals surface area (Å²) in [6.07, 6.45) is 7.47. The molecule has 1 N–H and O–H groups in total. The Labute approximate surface area is 139 Å². The van der Waals surface area contributed by atoms with Crippen molar-refractivity contribution in [1.82, 2.24) is 10.2 Å². The SMILES string of the molecule is CC(=O)NC(CC(=O)N(C)C1CCCCCC1)c1ccccc1. The van der Waals surface area contributed by atoms with Gasteiger partial charge in [-0.25, -0.2) is 0 Å². The fourth-order valence-corrected chi connectivity index (χ4v) is 3.35. The predicted octanol–water partition coefficient (Wildman–Crippen LogP) is 3.44. The zero-order valence-electron chi connectivity index (χ0n) is 14.3. The van der Waals surface area contributed by atoms with Crippen LogP contribution in [0.3, 0.4) is 0 Å². The Morgan fingerprint density at radius 1 is 1.13 bits per heavy atom. The molecule has 1 aliphatic carbocycles. The molecule has 1 saturated carbocycles. The average molecular weight is 316 g/mol. The molecule has 2 rings (SSSR count). The van der Waals surface area contributed by atoms with Crippen molar-refractivity contribution in [3.05, 3.63) is 35.9 Å². The van der Waals surface area contributed by atoms with Gasteiger partial charge in [-0.3, -0.25) is 9.59 Å². The first kappa shape index (κ1) is 17.5. The molecule has 1 fully saturated rings. The molecule has 0 radical (unpaired) electrons. The Kier molecular flexibility index (Phi) is 6.63. The number of rotatable bonds is 5. The number of hydrogen-bond donors (Lipinski definition) is 1. The van der Waals surface area contributed by atoms with Crippen LogP contribution in [0.4, 0.5) is 0 Å². The third kappa shape index (κ3) is 5.38. The maximum Gasteiger partial charge on any atom is 0.224 e. The second-order valence-electron chi connectivity index (χ2n) is 6.52. The number of carbonyl (C=O) groups is 2. The molecule has 1 aromatic carbocycles. The van der Waals surface area contributed by atoms with Gasteiger partial charge in [-0.2, -0.15) is 0 Å². The van der Waals surface area contributed by atoms with Gasteiger partial charge in [-0.15, -0.1) is 0 Å². The Balaban J connectivity index is 2.02. The van der Waals surface area contributed by atoms with Gasteiger partial charge in [0.1, 0.15) is 0 Å². The molecule has 1 unspecified atom stereocenters. The molecule has 1 aliphatic rings. The van der Waals surface area contributed by atoms with Crippen molar-refractivity contribution >= 4 is 11.8 Å². The molecule has 0 bridgehead atoms. The van der Waals surface area contributed by atoms with Gasteiger partial charge >= 0.3 is 0 Å². The van der Waals surface area contributed by atoms with Gasteiger partial charge in [-0.1, -0.05) is 56.0 Å². The van der Waals surface area contributed by atoms with Crippen LogP contribution < -0.4 is 5.32 Å². The standard InChI is InChI=1S/C19H28N2O2/c1-15(22)20-18(16-10-6-5-7-11-16)14-19(23)21(2)17-12-8-3-4-9-13-17/h5-7,10-11,17-18H,3-4,8-9,12-14H2,1-2H3,(H,20,22). The third-order valence-corrected chi connectivity index (χ3v) is 4.72. The summed E-state index contributed by atoms with van der Waals surface area (Å²) in [5.41, 5.74) is 0.977. The lowest BCUT2D eigenvalue weighted by atomic mass is 10.0. The molecule has 0 aromatic heterocycles. The topological polar surface area (TPSA) is 49.4 Å². The minimum atomic E-state index is -0.255. The summed E-state index contributed by atoms with van der Waals surface area (Å²) in [4.78, 5) is 26.1. The van der Waals surface area contributed by atoms with Gasteiger partial charge < -0.3 is 10.2 Å². The van der Waals surface area contributed by atoms with Crippen LogP contribution >= 0.6 is 0 Å². The van der Waals surface area contributed by atoms with Crippen LogP contribution in [-0.4, -0.2) is 29.8 Å². The largest absolute Gasteiger partial charge is 0.349 e. The molecule has 1 atom stereocenters. The Hall–Kier alpha value is -1.84. The molecule has 126 valence electrons. The lowest BCUT2D eigenvalue weighted by Crippen LogP contribution is -2.39. The van der Waals surface area contributed by atoms with Gasteiger partial charge in [0.2, 0.25) is 11.8 Å². The van der Waals surface area contributed by atoms with Crippen LogP contribution in [0.1, 0.15) is 63.5 Å². The highest BCUT2D eigenvalue weighted by molar-refractivity contribution is 5.79. The first-order valence-corrected chi connectivity index (χ1v) is 8.65. The summed E-state index contributed by atoms with van der Waals surface area (Å²) < 4.78 is 0. The van der Waals surface area contributed by atoms with Crippen LogP contribution in [0.2, 0.25) is 0 Å². The van der Waals surface area contributed by atoms with E-state index in [1.165, 1.54) is 32.6 Å². The quantitative estimate of drug-likeness (QED) is 0.846. The molecule has 4 nitrogen and oxygen atoms in total. The second-order valence-corrected chi connectivity index (χ2v) is 6.52. The summed E-state index contributed by atoms with van der Waals surface area (Å²) in [6.45, 7) is 1.50. The number of benzene rings is 1. The predicted molar refractivity (Wildman–Crippen MR) is 91.9 cm³/mol. The zero-order valence-corrected chi connectivity index (χ0v) is 14.3. The van der Waals surface area contributed by atoms with E-state index in [-0.39, 0.29) is 17.9 Å². The molecule has 4 heteroatoms. The number of amides is 2. The van der Waals surface area contributed by atoms with E-state index in [0.29, 0.717) is 12.5 Å². The minimum absolute atomic E-state index is 0.108. The van der Waals surface area contributed by atoms with Gasteiger partial charge in [0.25, 0.3) is 0 Å². The summed E-state index contributed by atoms with van der Waals surface area (Å²) >= 11 is 0. The highest BCUT2D eigenvalue weighted by Crippen LogP contribution is 2.23. The van der Waals surface area contributed by atoms with E-state index in [0.717, 1.165) is 18.4 Å². The molecule has 23 heavy (non-hydrogen) atoms. The molecule has 0 aliphatic heterocycles. The van der Waals surface area contributed by atoms with E-state index in [9.17, 15) is 9.59 Å². The van der Waals surface area contributed by atoms with Gasteiger partial charge in [-0.05, 0) is 18.4 Å². The van der Waals surface area contributed by atoms with Crippen LogP contribution in [0.25, 0.3) is 0 Å². The lowest BCUT2D eigenvalue weighted by molar-refractivity contribution is -0.133. The number of nitrogens with one attached hydrogen (secondary N) is 1. The van der Waals surface area contributed by atoms with Crippen molar-refractivity contribution in [2.24, 2.45) is 0 Å². The van der Waals surface area contributed by atoms with Gasteiger partial charge in [0.05, 0.1) is 12.5 Å². The summed E-state index contributed by atoms with van der Waals surface area (Å²) in [5.74, 6) is 0.00303. The van der Waals surface area contributed by atoms with Crippen molar-refractivity contribution in [2.45, 2.75) is 64.0 Å². The van der Waals surface area contributed by atoms with E-state index in [2.05, 4.69) is 5.32 Å². The Morgan fingerprint density at radius 2 is 1.74 bits per heavy atom. The molecule has 0 saturated heterocycles. The van der Waals surface area contributed by atoms with Crippen molar-refractivity contribution in [3.63, 3.8) is 0 Å². The van der Waals surface area contributed by atoms with E-state index in [1.807, 2.05) is 42.3 Å². The summed E-state index contributed by atoms with van der Waals surface area (Å²) in [7, 11) is 1.91. The summed E-state index contributed by atoms with van der Waals surface area (Å²) in [5, 5.41) is 2.91. The summed E-state index contributed by atoms with van der Waals surface area (Å²) in [6, 6.07) is 9.81. The second kappa shape index (κ2) is 8.70. The molecular weight excluding hydrogens is 288 g/mol. The molecular formula is C19H28N2O2. The first-order valence-electron chi connectivity index (χ1n) is 8.65. The fourth-order valence-electron chi connectivity index (χ4n) is 3.35. The van der Waals surface area contributed by atoms with Crippen molar-refractivity contribution in [2.75, 3.05) is 7.05 Å². The van der Waals surface area contributed by atoms with E-state index < -0.39 is 0 Å². The first-order chi connectivity index (χ1) is 11.1. The van der Waals surface area contributed by atoms with Crippen LogP contribution in [0.15, 0.2) is 30.3 Å². The normalized spacial score (nSPS) is 17.1. The number of carbonyl (C=O) groups excluding carboxylic acids is 2. The van der Waals surface area contributed by atoms with Gasteiger partial charge in [0, 0.05) is 20.0 Å². The maximum atomic E-state index is 12.7. The minimum Gasteiger partial charge on any atom is -0.349 e. The van der Waals surface area contributed by atoms with Crippen molar-refractivity contribution in [1.29, 1.82) is 0 Å². The maximum absolute atomic E-state index is 12.7. The number of nitrogens with zero attached hydrogens (tertiary/aromatic N) is 1. The van der Waals surface area contributed by atoms with Crippen LogP contribution in [0, 0.1) is 0 Å².